The molecule has 0 aliphatic heterocycles. The normalized spacial score (nSPS) is 14.6. The van der Waals surface area contributed by atoms with Crippen LogP contribution in [0.3, 0.4) is 0 Å². The van der Waals surface area contributed by atoms with Gasteiger partial charge >= 0.3 is 0 Å². The van der Waals surface area contributed by atoms with E-state index < -0.39 is 0 Å². The number of pyridine rings is 1. The summed E-state index contributed by atoms with van der Waals surface area (Å²) >= 11 is 0. The fourth-order valence-corrected chi connectivity index (χ4v) is 1.90. The number of hydrazine groups is 1. The predicted molar refractivity (Wildman–Crippen MR) is 72.5 cm³/mol. The van der Waals surface area contributed by atoms with E-state index in [9.17, 15) is 0 Å². The number of aryl methyl sites for hydroxylation is 1. The molecule has 3 N–H and O–H groups in total. The lowest BCUT2D eigenvalue weighted by molar-refractivity contribution is 0.394. The number of nitrogens with zero attached hydrogens (tertiary/aromatic N) is 1. The Morgan fingerprint density at radius 2 is 2.12 bits per heavy atom. The van der Waals surface area contributed by atoms with Crippen LogP contribution in [-0.4, -0.2) is 11.0 Å². The van der Waals surface area contributed by atoms with Crippen LogP contribution in [-0.2, 0) is 12.8 Å². The van der Waals surface area contributed by atoms with E-state index in [1.165, 1.54) is 12.0 Å². The van der Waals surface area contributed by atoms with Gasteiger partial charge in [-0.05, 0) is 30.4 Å². The summed E-state index contributed by atoms with van der Waals surface area (Å²) in [5.74, 6) is 6.30. The lowest BCUT2D eigenvalue weighted by atomic mass is 9.96. The van der Waals surface area contributed by atoms with Gasteiger partial charge in [0, 0.05) is 24.4 Å². The number of rotatable bonds is 7. The molecule has 3 heteroatoms. The minimum atomic E-state index is 0.324. The molecular weight excluding hydrogens is 210 g/mol. The van der Waals surface area contributed by atoms with Crippen LogP contribution >= 0.6 is 0 Å². The number of nitrogens with two attached hydrogens (primary N) is 1. The quantitative estimate of drug-likeness (QED) is 0.564. The molecule has 1 aromatic rings. The van der Waals surface area contributed by atoms with Crippen molar-refractivity contribution in [1.82, 2.24) is 10.4 Å². The first kappa shape index (κ1) is 14.1. The highest BCUT2D eigenvalue weighted by Gasteiger charge is 2.12. The van der Waals surface area contributed by atoms with Crippen molar-refractivity contribution in [2.24, 2.45) is 11.8 Å². The molecule has 1 rings (SSSR count). The average Bonchev–Trinajstić information content (AvgIpc) is 2.38. The first-order chi connectivity index (χ1) is 8.19. The molecule has 1 heterocycles. The fourth-order valence-electron chi connectivity index (χ4n) is 1.90. The van der Waals surface area contributed by atoms with Gasteiger partial charge in [0.05, 0.1) is 0 Å². The molecule has 96 valence electrons. The van der Waals surface area contributed by atoms with Crippen molar-refractivity contribution in [3.05, 3.63) is 29.6 Å². The maximum atomic E-state index is 5.60. The maximum absolute atomic E-state index is 5.60. The summed E-state index contributed by atoms with van der Waals surface area (Å²) < 4.78 is 0. The molecule has 0 bridgehead atoms. The molecule has 2 unspecified atom stereocenters. The van der Waals surface area contributed by atoms with Gasteiger partial charge in [-0.25, -0.2) is 0 Å². The number of hydrogen-bond donors (Lipinski definition) is 2. The lowest BCUT2D eigenvalue weighted by Crippen LogP contribution is -2.38. The molecule has 2 atom stereocenters. The molecule has 0 fully saturated rings. The highest BCUT2D eigenvalue weighted by molar-refractivity contribution is 5.14. The van der Waals surface area contributed by atoms with Crippen molar-refractivity contribution in [3.8, 4) is 0 Å². The van der Waals surface area contributed by atoms with E-state index in [0.29, 0.717) is 12.0 Å². The van der Waals surface area contributed by atoms with E-state index in [-0.39, 0.29) is 0 Å². The Morgan fingerprint density at radius 1 is 1.35 bits per heavy atom. The summed E-state index contributed by atoms with van der Waals surface area (Å²) in [4.78, 5) is 4.47. The Hall–Kier alpha value is -0.930. The minimum Gasteiger partial charge on any atom is -0.271 e. The Balaban J connectivity index is 2.54. The van der Waals surface area contributed by atoms with Crippen molar-refractivity contribution in [2.45, 2.75) is 52.5 Å². The van der Waals surface area contributed by atoms with Gasteiger partial charge in [0.1, 0.15) is 0 Å². The van der Waals surface area contributed by atoms with E-state index in [0.717, 1.165) is 25.0 Å². The first-order valence-corrected chi connectivity index (χ1v) is 6.59. The van der Waals surface area contributed by atoms with Crippen LogP contribution in [0, 0.1) is 5.92 Å². The zero-order chi connectivity index (χ0) is 12.7. The predicted octanol–water partition coefficient (Wildman–Crippen LogP) is 2.45. The molecule has 0 saturated heterocycles. The van der Waals surface area contributed by atoms with Crippen LogP contribution in [0.1, 0.15) is 44.9 Å². The Morgan fingerprint density at radius 3 is 2.59 bits per heavy atom. The molecule has 0 amide bonds. The van der Waals surface area contributed by atoms with Crippen molar-refractivity contribution in [1.29, 1.82) is 0 Å². The molecule has 0 spiro atoms. The van der Waals surface area contributed by atoms with Gasteiger partial charge in [0.25, 0.3) is 0 Å². The summed E-state index contributed by atoms with van der Waals surface area (Å²) in [6.07, 6.45) is 6.21. The van der Waals surface area contributed by atoms with Crippen LogP contribution in [0.4, 0.5) is 0 Å². The minimum absolute atomic E-state index is 0.324. The summed E-state index contributed by atoms with van der Waals surface area (Å²) in [6.45, 7) is 6.62. The summed E-state index contributed by atoms with van der Waals surface area (Å²) in [7, 11) is 0. The van der Waals surface area contributed by atoms with Gasteiger partial charge in [-0.15, -0.1) is 0 Å². The molecule has 0 aliphatic carbocycles. The van der Waals surface area contributed by atoms with Crippen LogP contribution in [0.2, 0.25) is 0 Å². The van der Waals surface area contributed by atoms with Gasteiger partial charge in [-0.2, -0.15) is 0 Å². The third-order valence-corrected chi connectivity index (χ3v) is 3.37. The van der Waals surface area contributed by atoms with E-state index in [1.807, 2.05) is 6.20 Å². The van der Waals surface area contributed by atoms with Crippen LogP contribution in [0.25, 0.3) is 0 Å². The highest BCUT2D eigenvalue weighted by atomic mass is 15.2. The van der Waals surface area contributed by atoms with Crippen molar-refractivity contribution in [2.75, 3.05) is 0 Å². The standard InChI is InChI=1S/C14H25N3/c1-4-11(3)8-14(17-15)9-13-7-6-12(5-2)10-16-13/h6-7,10-11,14,17H,4-5,8-9,15H2,1-3H3. The van der Waals surface area contributed by atoms with Gasteiger partial charge in [0.2, 0.25) is 0 Å². The molecule has 0 aliphatic rings. The second-order valence-corrected chi connectivity index (χ2v) is 4.83. The van der Waals surface area contributed by atoms with E-state index in [2.05, 4.69) is 43.3 Å². The smallest absolute Gasteiger partial charge is 0.0419 e. The van der Waals surface area contributed by atoms with Gasteiger partial charge in [-0.1, -0.05) is 33.3 Å². The van der Waals surface area contributed by atoms with Crippen molar-refractivity contribution < 1.29 is 0 Å². The van der Waals surface area contributed by atoms with E-state index in [4.69, 9.17) is 5.84 Å². The van der Waals surface area contributed by atoms with Crippen molar-refractivity contribution >= 4 is 0 Å². The van der Waals surface area contributed by atoms with Gasteiger partial charge < -0.3 is 0 Å². The maximum Gasteiger partial charge on any atom is 0.0419 e. The zero-order valence-electron chi connectivity index (χ0n) is 11.2. The first-order valence-electron chi connectivity index (χ1n) is 6.59. The molecule has 0 radical (unpaired) electrons. The summed E-state index contributed by atoms with van der Waals surface area (Å²) in [6, 6.07) is 4.59. The molecule has 17 heavy (non-hydrogen) atoms. The van der Waals surface area contributed by atoms with E-state index >= 15 is 0 Å². The highest BCUT2D eigenvalue weighted by Crippen LogP contribution is 2.13. The lowest BCUT2D eigenvalue weighted by Gasteiger charge is -2.19. The third kappa shape index (κ3) is 4.84. The van der Waals surface area contributed by atoms with Gasteiger partial charge in [-0.3, -0.25) is 16.3 Å². The van der Waals surface area contributed by atoms with Gasteiger partial charge in [0.15, 0.2) is 0 Å². The monoisotopic (exact) mass is 235 g/mol. The number of hydrogen-bond acceptors (Lipinski definition) is 3. The average molecular weight is 235 g/mol. The zero-order valence-corrected chi connectivity index (χ0v) is 11.2. The topological polar surface area (TPSA) is 50.9 Å². The largest absolute Gasteiger partial charge is 0.271 e. The number of aromatic nitrogens is 1. The second-order valence-electron chi connectivity index (χ2n) is 4.83. The Bertz CT molecular complexity index is 308. The van der Waals surface area contributed by atoms with Crippen molar-refractivity contribution in [3.63, 3.8) is 0 Å². The molecule has 1 aromatic heterocycles. The summed E-state index contributed by atoms with van der Waals surface area (Å²) in [5, 5.41) is 0. The van der Waals surface area contributed by atoms with Crippen LogP contribution in [0.15, 0.2) is 18.3 Å². The Kier molecular flexibility index (Phi) is 6.16. The second kappa shape index (κ2) is 7.41. The molecular formula is C14H25N3. The third-order valence-electron chi connectivity index (χ3n) is 3.37. The SMILES string of the molecule is CCc1ccc(CC(CC(C)CC)NN)nc1. The molecule has 0 saturated carbocycles. The van der Waals surface area contributed by atoms with Crippen LogP contribution in [0.5, 0.6) is 0 Å². The molecule has 0 aromatic carbocycles. The number of nitrogens with one attached hydrogen (secondary N) is 1. The fraction of sp³-hybridized carbons (Fsp3) is 0.643. The van der Waals surface area contributed by atoms with E-state index in [1.54, 1.807) is 0 Å². The Labute approximate surface area is 105 Å². The van der Waals surface area contributed by atoms with Crippen LogP contribution < -0.4 is 11.3 Å². The molecule has 3 nitrogen and oxygen atoms in total. The summed E-state index contributed by atoms with van der Waals surface area (Å²) in [5.41, 5.74) is 5.31.